The average Bonchev–Trinajstić information content (AvgIpc) is 3.17. The third-order valence-electron chi connectivity index (χ3n) is 11.5. The molecule has 3 unspecified atom stereocenters. The summed E-state index contributed by atoms with van der Waals surface area (Å²) in [5.41, 5.74) is 0. The van der Waals surface area contributed by atoms with Crippen molar-refractivity contribution in [1.82, 2.24) is 5.32 Å². The molecule has 0 fully saturated rings. The number of carbonyl (C=O) groups is 1. The molecule has 0 heterocycles. The molecule has 3 atom stereocenters. The van der Waals surface area contributed by atoms with E-state index in [1.807, 2.05) is 21.1 Å². The summed E-state index contributed by atoms with van der Waals surface area (Å²) >= 11 is 0. The van der Waals surface area contributed by atoms with Gasteiger partial charge in [-0.3, -0.25) is 13.8 Å². The van der Waals surface area contributed by atoms with Gasteiger partial charge < -0.3 is 19.8 Å². The molecule has 0 aromatic heterocycles. The number of aliphatic hydroxyl groups is 1. The van der Waals surface area contributed by atoms with Gasteiger partial charge in [0.25, 0.3) is 0 Å². The first-order valence-corrected chi connectivity index (χ1v) is 26.5. The van der Waals surface area contributed by atoms with Crippen molar-refractivity contribution in [2.75, 3.05) is 40.9 Å². The zero-order valence-corrected chi connectivity index (χ0v) is 40.2. The van der Waals surface area contributed by atoms with Gasteiger partial charge >= 0.3 is 7.82 Å². The smallest absolute Gasteiger partial charge is 0.391 e. The maximum atomic E-state index is 12.9. The van der Waals surface area contributed by atoms with E-state index in [1.165, 1.54) is 167 Å². The minimum Gasteiger partial charge on any atom is -0.391 e. The third-order valence-corrected chi connectivity index (χ3v) is 12.5. The standard InChI is InChI=1S/C49H99N2O6P/c1-6-8-10-12-14-16-18-20-21-22-23-24-25-26-27-28-29-30-31-32-34-36-38-40-42-48(52)47(46-57-58(54,55)56-45-44-51(3,4)5)50-49(53)43-41-39-37-35-33-19-17-15-13-11-9-7-2/h15,17,47-48,52H,6-14,16,18-46H2,1-5H3,(H-,50,53,54,55)/p+1/b17-15-. The van der Waals surface area contributed by atoms with Crippen LogP contribution in [0, 0.1) is 0 Å². The fraction of sp³-hybridized carbons (Fsp3) is 0.939. The zero-order chi connectivity index (χ0) is 42.8. The molecule has 8 nitrogen and oxygen atoms in total. The number of nitrogens with zero attached hydrogens (tertiary/aromatic N) is 1. The monoisotopic (exact) mass is 844 g/mol. The number of phosphoric ester groups is 1. The first-order chi connectivity index (χ1) is 28.0. The summed E-state index contributed by atoms with van der Waals surface area (Å²) in [5.74, 6) is -0.152. The lowest BCUT2D eigenvalue weighted by Crippen LogP contribution is -2.46. The lowest BCUT2D eigenvalue weighted by Gasteiger charge is -2.26. The van der Waals surface area contributed by atoms with Crippen LogP contribution in [0.1, 0.15) is 245 Å². The van der Waals surface area contributed by atoms with Crippen molar-refractivity contribution in [3.8, 4) is 0 Å². The van der Waals surface area contributed by atoms with Crippen molar-refractivity contribution in [2.45, 2.75) is 257 Å². The molecule has 346 valence electrons. The van der Waals surface area contributed by atoms with Crippen LogP contribution in [0.2, 0.25) is 0 Å². The minimum absolute atomic E-state index is 0.0750. The van der Waals surface area contributed by atoms with Gasteiger partial charge in [0.1, 0.15) is 13.2 Å². The Morgan fingerprint density at radius 2 is 0.931 bits per heavy atom. The number of quaternary nitrogens is 1. The van der Waals surface area contributed by atoms with Crippen LogP contribution in [0.5, 0.6) is 0 Å². The van der Waals surface area contributed by atoms with Crippen molar-refractivity contribution in [1.29, 1.82) is 0 Å². The summed E-state index contributed by atoms with van der Waals surface area (Å²) in [5, 5.41) is 14.0. The Morgan fingerprint density at radius 3 is 1.36 bits per heavy atom. The fourth-order valence-corrected chi connectivity index (χ4v) is 8.25. The highest BCUT2D eigenvalue weighted by molar-refractivity contribution is 7.47. The number of amides is 1. The number of nitrogens with one attached hydrogen (secondary N) is 1. The molecule has 58 heavy (non-hydrogen) atoms. The molecule has 0 aliphatic carbocycles. The van der Waals surface area contributed by atoms with Gasteiger partial charge in [0, 0.05) is 6.42 Å². The highest BCUT2D eigenvalue weighted by Crippen LogP contribution is 2.43. The normalized spacial score (nSPS) is 14.3. The van der Waals surface area contributed by atoms with Gasteiger partial charge in [0.15, 0.2) is 0 Å². The van der Waals surface area contributed by atoms with Crippen LogP contribution in [-0.2, 0) is 18.4 Å². The van der Waals surface area contributed by atoms with Crippen molar-refractivity contribution in [3.63, 3.8) is 0 Å². The number of carbonyl (C=O) groups excluding carboxylic acids is 1. The van der Waals surface area contributed by atoms with Gasteiger partial charge in [0.2, 0.25) is 5.91 Å². The van der Waals surface area contributed by atoms with Crippen LogP contribution >= 0.6 is 7.82 Å². The van der Waals surface area contributed by atoms with E-state index < -0.39 is 20.0 Å². The topological polar surface area (TPSA) is 105 Å². The molecule has 0 bridgehead atoms. The molecular formula is C49H100N2O6P+. The van der Waals surface area contributed by atoms with Crippen molar-refractivity contribution in [3.05, 3.63) is 12.2 Å². The maximum Gasteiger partial charge on any atom is 0.472 e. The highest BCUT2D eigenvalue weighted by atomic mass is 31.2. The lowest BCUT2D eigenvalue weighted by molar-refractivity contribution is -0.870. The Bertz CT molecular complexity index is 958. The summed E-state index contributed by atoms with van der Waals surface area (Å²) < 4.78 is 23.7. The van der Waals surface area contributed by atoms with Crippen molar-refractivity contribution in [2.24, 2.45) is 0 Å². The van der Waals surface area contributed by atoms with E-state index in [-0.39, 0.29) is 19.1 Å². The summed E-state index contributed by atoms with van der Waals surface area (Å²) in [6, 6.07) is -0.761. The first-order valence-electron chi connectivity index (χ1n) is 25.1. The molecule has 0 aromatic carbocycles. The molecule has 0 aromatic rings. The molecule has 0 radical (unpaired) electrons. The van der Waals surface area contributed by atoms with E-state index in [2.05, 4.69) is 31.3 Å². The van der Waals surface area contributed by atoms with Gasteiger partial charge in [0.05, 0.1) is 39.9 Å². The second kappa shape index (κ2) is 41.6. The van der Waals surface area contributed by atoms with Gasteiger partial charge in [-0.25, -0.2) is 4.57 Å². The Kier molecular flexibility index (Phi) is 41.0. The summed E-state index contributed by atoms with van der Waals surface area (Å²) in [4.78, 5) is 23.2. The van der Waals surface area contributed by atoms with Gasteiger partial charge in [-0.1, -0.05) is 212 Å². The molecule has 3 N–H and O–H groups in total. The number of hydrogen-bond acceptors (Lipinski definition) is 5. The molecule has 1 amide bonds. The highest BCUT2D eigenvalue weighted by Gasteiger charge is 2.28. The predicted octanol–water partition coefficient (Wildman–Crippen LogP) is 14.3. The quantitative estimate of drug-likeness (QED) is 0.0244. The van der Waals surface area contributed by atoms with E-state index in [0.29, 0.717) is 23.9 Å². The lowest BCUT2D eigenvalue weighted by atomic mass is 10.0. The number of unbranched alkanes of at least 4 members (excludes halogenated alkanes) is 31. The number of allylic oxidation sites excluding steroid dienone is 2. The van der Waals surface area contributed by atoms with Crippen LogP contribution in [0.25, 0.3) is 0 Å². The Balaban J connectivity index is 4.16. The minimum atomic E-state index is -4.31. The van der Waals surface area contributed by atoms with Gasteiger partial charge in [-0.2, -0.15) is 0 Å². The predicted molar refractivity (Wildman–Crippen MR) is 249 cm³/mol. The van der Waals surface area contributed by atoms with Crippen LogP contribution < -0.4 is 5.32 Å². The second-order valence-electron chi connectivity index (χ2n) is 18.5. The molecule has 9 heteroatoms. The van der Waals surface area contributed by atoms with Crippen LogP contribution in [0.15, 0.2) is 12.2 Å². The Labute approximate surface area is 361 Å². The molecule has 0 aliphatic rings. The maximum absolute atomic E-state index is 12.9. The van der Waals surface area contributed by atoms with Crippen LogP contribution in [-0.4, -0.2) is 73.4 Å². The average molecular weight is 844 g/mol. The van der Waals surface area contributed by atoms with Crippen molar-refractivity contribution < 1.29 is 32.9 Å². The van der Waals surface area contributed by atoms with E-state index >= 15 is 0 Å². The molecule has 0 saturated carbocycles. The number of aliphatic hydroxyl groups excluding tert-OH is 1. The number of likely N-dealkylation sites (N-methyl/N-ethyl adjacent to an activating group) is 1. The fourth-order valence-electron chi connectivity index (χ4n) is 7.51. The van der Waals surface area contributed by atoms with Crippen LogP contribution in [0.4, 0.5) is 0 Å². The first kappa shape index (κ1) is 57.2. The molecule has 0 spiro atoms. The Morgan fingerprint density at radius 1 is 0.569 bits per heavy atom. The number of phosphoric acid groups is 1. The van der Waals surface area contributed by atoms with Gasteiger partial charge in [-0.15, -0.1) is 0 Å². The van der Waals surface area contributed by atoms with E-state index in [4.69, 9.17) is 9.05 Å². The molecular weight excluding hydrogens is 744 g/mol. The van der Waals surface area contributed by atoms with Crippen LogP contribution in [0.3, 0.4) is 0 Å². The number of rotatable bonds is 46. The molecule has 0 saturated heterocycles. The second-order valence-corrected chi connectivity index (χ2v) is 20.0. The SMILES string of the molecule is CCCCC/C=C\CCCCCCCC(=O)NC(COP(=O)(O)OCC[N+](C)(C)C)C(O)CCCCCCCCCCCCCCCCCCCCCCCCCC. The largest absolute Gasteiger partial charge is 0.472 e. The Hall–Kier alpha value is -0.760. The summed E-state index contributed by atoms with van der Waals surface area (Å²) in [6.45, 7) is 4.88. The van der Waals surface area contributed by atoms with E-state index in [0.717, 1.165) is 51.4 Å². The molecule has 0 aliphatic heterocycles. The van der Waals surface area contributed by atoms with E-state index in [1.54, 1.807) is 0 Å². The van der Waals surface area contributed by atoms with Gasteiger partial charge in [-0.05, 0) is 38.5 Å². The summed E-state index contributed by atoms with van der Waals surface area (Å²) in [7, 11) is 1.62. The third kappa shape index (κ3) is 43.3. The number of hydrogen-bond donors (Lipinski definition) is 3. The summed E-state index contributed by atoms with van der Waals surface area (Å²) in [6.07, 6.45) is 48.3. The molecule has 0 rings (SSSR count). The van der Waals surface area contributed by atoms with Crippen molar-refractivity contribution >= 4 is 13.7 Å². The zero-order valence-electron chi connectivity index (χ0n) is 39.3. The van der Waals surface area contributed by atoms with E-state index in [9.17, 15) is 19.4 Å².